The summed E-state index contributed by atoms with van der Waals surface area (Å²) in [5.74, 6) is 0.657. The summed E-state index contributed by atoms with van der Waals surface area (Å²) >= 11 is 0. The van der Waals surface area contributed by atoms with Crippen LogP contribution in [-0.4, -0.2) is 64.0 Å². The second-order valence-electron chi connectivity index (χ2n) is 10.4. The topological polar surface area (TPSA) is 126 Å². The lowest BCUT2D eigenvalue weighted by atomic mass is 9.89. The van der Waals surface area contributed by atoms with Gasteiger partial charge in [-0.3, -0.25) is 9.69 Å². The van der Waals surface area contributed by atoms with Crippen LogP contribution >= 0.6 is 0 Å². The lowest BCUT2D eigenvalue weighted by molar-refractivity contribution is -0.119. The summed E-state index contributed by atoms with van der Waals surface area (Å²) < 4.78 is 27.7. The number of nitrogens with zero attached hydrogens (tertiary/aromatic N) is 5. The van der Waals surface area contributed by atoms with Crippen LogP contribution in [0.15, 0.2) is 60.8 Å². The van der Waals surface area contributed by atoms with Gasteiger partial charge in [0.1, 0.15) is 0 Å². The Kier molecular flexibility index (Phi) is 6.57. The van der Waals surface area contributed by atoms with Crippen molar-refractivity contribution < 1.29 is 13.2 Å². The standard InChI is InChI=1S/C28H31N7O3S/c1-39(37,38)34-16-21-3-2-4-24(25(21)17-34)26-10-9-23-15-30-28(32-35(23)26)31-22-7-5-19(6-8-22)20-11-13-33(14-12-20)18-27(29)36/h2-10,15,20H,11-14,16-18H2,1H3,(H2,29,36)(H,31,32). The second kappa shape index (κ2) is 10.1. The third-order valence-electron chi connectivity index (χ3n) is 7.70. The van der Waals surface area contributed by atoms with E-state index in [1.165, 1.54) is 16.1 Å². The number of carbonyl (C=O) groups excluding carboxylic acids is 1. The first-order chi connectivity index (χ1) is 18.7. The average molecular weight is 546 g/mol. The van der Waals surface area contributed by atoms with Gasteiger partial charge in [0.25, 0.3) is 0 Å². The molecule has 4 aromatic rings. The third kappa shape index (κ3) is 5.25. The fraction of sp³-hybridized carbons (Fsp3) is 0.321. The maximum Gasteiger partial charge on any atom is 0.245 e. The maximum atomic E-state index is 12.2. The zero-order valence-corrected chi connectivity index (χ0v) is 22.6. The number of carbonyl (C=O) groups is 1. The van der Waals surface area contributed by atoms with Gasteiger partial charge < -0.3 is 11.1 Å². The Morgan fingerprint density at radius 1 is 1.05 bits per heavy atom. The zero-order chi connectivity index (χ0) is 27.1. The van der Waals surface area contributed by atoms with Crippen molar-refractivity contribution in [1.29, 1.82) is 0 Å². The summed E-state index contributed by atoms with van der Waals surface area (Å²) in [6, 6.07) is 18.3. The van der Waals surface area contributed by atoms with E-state index in [-0.39, 0.29) is 5.91 Å². The molecule has 2 aliphatic heterocycles. The second-order valence-corrected chi connectivity index (χ2v) is 12.4. The van der Waals surface area contributed by atoms with Gasteiger partial charge in [0.2, 0.25) is 21.9 Å². The molecule has 39 heavy (non-hydrogen) atoms. The number of benzene rings is 2. The quantitative estimate of drug-likeness (QED) is 0.366. The molecule has 0 radical (unpaired) electrons. The van der Waals surface area contributed by atoms with Gasteiger partial charge in [-0.05, 0) is 72.8 Å². The Bertz CT molecular complexity index is 1640. The summed E-state index contributed by atoms with van der Waals surface area (Å²) in [5.41, 5.74) is 12.2. The first kappa shape index (κ1) is 25.5. The Balaban J connectivity index is 1.20. The molecular weight excluding hydrogens is 514 g/mol. The molecule has 1 saturated heterocycles. The number of fused-ring (bicyclic) bond motifs is 2. The van der Waals surface area contributed by atoms with Gasteiger partial charge in [-0.1, -0.05) is 30.3 Å². The molecule has 0 aliphatic carbocycles. The number of nitrogens with one attached hydrogen (secondary N) is 1. The van der Waals surface area contributed by atoms with E-state index in [4.69, 9.17) is 10.8 Å². The van der Waals surface area contributed by atoms with Crippen LogP contribution in [0.3, 0.4) is 0 Å². The molecule has 2 aromatic heterocycles. The number of sulfonamides is 1. The lowest BCUT2D eigenvalue weighted by Crippen LogP contribution is -2.39. The number of likely N-dealkylation sites (tertiary alicyclic amines) is 1. The van der Waals surface area contributed by atoms with E-state index in [2.05, 4.69) is 27.3 Å². The third-order valence-corrected chi connectivity index (χ3v) is 8.90. The number of primary amides is 1. The van der Waals surface area contributed by atoms with Crippen LogP contribution in [0.1, 0.15) is 35.4 Å². The van der Waals surface area contributed by atoms with Crippen LogP contribution in [-0.2, 0) is 27.9 Å². The normalized spacial score (nSPS) is 16.9. The van der Waals surface area contributed by atoms with E-state index in [0.717, 1.165) is 59.5 Å². The number of aromatic nitrogens is 3. The number of amides is 1. The van der Waals surface area contributed by atoms with Gasteiger partial charge in [0.15, 0.2) is 0 Å². The summed E-state index contributed by atoms with van der Waals surface area (Å²) in [4.78, 5) is 17.8. The molecule has 0 bridgehead atoms. The van der Waals surface area contributed by atoms with E-state index >= 15 is 0 Å². The first-order valence-electron chi connectivity index (χ1n) is 13.0. The van der Waals surface area contributed by atoms with Crippen molar-refractivity contribution in [3.63, 3.8) is 0 Å². The molecule has 0 saturated carbocycles. The minimum atomic E-state index is -3.29. The number of nitrogens with two attached hydrogens (primary N) is 1. The molecular formula is C28H31N7O3S. The van der Waals surface area contributed by atoms with Gasteiger partial charge in [-0.2, -0.15) is 4.31 Å². The highest BCUT2D eigenvalue weighted by Gasteiger charge is 2.28. The monoisotopic (exact) mass is 545 g/mol. The largest absolute Gasteiger partial charge is 0.369 e. The molecule has 2 aromatic carbocycles. The summed E-state index contributed by atoms with van der Waals surface area (Å²) in [7, 11) is -3.29. The molecule has 4 heterocycles. The predicted molar refractivity (Wildman–Crippen MR) is 150 cm³/mol. The van der Waals surface area contributed by atoms with Crippen LogP contribution in [0.25, 0.3) is 16.8 Å². The van der Waals surface area contributed by atoms with Crippen LogP contribution in [0.2, 0.25) is 0 Å². The minimum absolute atomic E-state index is 0.275. The highest BCUT2D eigenvalue weighted by atomic mass is 32.2. The number of hydrogen-bond donors (Lipinski definition) is 2. The van der Waals surface area contributed by atoms with E-state index in [1.807, 2.05) is 47.0 Å². The zero-order valence-electron chi connectivity index (χ0n) is 21.7. The Morgan fingerprint density at radius 3 is 2.54 bits per heavy atom. The predicted octanol–water partition coefficient (Wildman–Crippen LogP) is 3.08. The van der Waals surface area contributed by atoms with Crippen molar-refractivity contribution in [3.05, 3.63) is 77.5 Å². The Morgan fingerprint density at radius 2 is 1.82 bits per heavy atom. The molecule has 0 spiro atoms. The summed E-state index contributed by atoms with van der Waals surface area (Å²) in [5, 5.41) is 8.08. The van der Waals surface area contributed by atoms with Gasteiger partial charge in [-0.25, -0.2) is 17.9 Å². The van der Waals surface area contributed by atoms with Gasteiger partial charge >= 0.3 is 0 Å². The van der Waals surface area contributed by atoms with Gasteiger partial charge in [-0.15, -0.1) is 5.10 Å². The number of anilines is 2. The molecule has 1 amide bonds. The average Bonchev–Trinajstić information content (AvgIpc) is 3.54. The highest BCUT2D eigenvalue weighted by Crippen LogP contribution is 2.34. The Labute approximate surface area is 227 Å². The smallest absolute Gasteiger partial charge is 0.245 e. The molecule has 11 heteroatoms. The van der Waals surface area contributed by atoms with Crippen LogP contribution in [0.5, 0.6) is 0 Å². The Hall–Kier alpha value is -3.80. The lowest BCUT2D eigenvalue weighted by Gasteiger charge is -2.31. The van der Waals surface area contributed by atoms with Crippen molar-refractivity contribution >= 4 is 33.1 Å². The first-order valence-corrected chi connectivity index (χ1v) is 14.9. The fourth-order valence-corrected chi connectivity index (χ4v) is 6.38. The number of rotatable bonds is 7. The highest BCUT2D eigenvalue weighted by molar-refractivity contribution is 7.88. The maximum absolute atomic E-state index is 12.2. The summed E-state index contributed by atoms with van der Waals surface area (Å²) in [6.45, 7) is 2.81. The van der Waals surface area contributed by atoms with E-state index < -0.39 is 10.0 Å². The van der Waals surface area contributed by atoms with Crippen molar-refractivity contribution in [2.24, 2.45) is 5.73 Å². The van der Waals surface area contributed by atoms with Crippen molar-refractivity contribution in [2.75, 3.05) is 31.2 Å². The molecule has 2 aliphatic rings. The molecule has 3 N–H and O–H groups in total. The minimum Gasteiger partial charge on any atom is -0.369 e. The van der Waals surface area contributed by atoms with Gasteiger partial charge in [0, 0.05) is 24.3 Å². The van der Waals surface area contributed by atoms with Crippen molar-refractivity contribution in [2.45, 2.75) is 31.8 Å². The van der Waals surface area contributed by atoms with Gasteiger partial charge in [0.05, 0.1) is 30.2 Å². The van der Waals surface area contributed by atoms with E-state index in [9.17, 15) is 13.2 Å². The molecule has 1 fully saturated rings. The SMILES string of the molecule is CS(=O)(=O)N1Cc2cccc(-c3ccc4cnc(Nc5ccc(C6CCN(CC(N)=O)CC6)cc5)nn34)c2C1. The molecule has 10 nitrogen and oxygen atoms in total. The van der Waals surface area contributed by atoms with Crippen LogP contribution < -0.4 is 11.1 Å². The molecule has 202 valence electrons. The molecule has 0 unspecified atom stereocenters. The van der Waals surface area contributed by atoms with E-state index in [1.54, 1.807) is 6.20 Å². The van der Waals surface area contributed by atoms with E-state index in [0.29, 0.717) is 31.5 Å². The van der Waals surface area contributed by atoms with Crippen molar-refractivity contribution in [1.82, 2.24) is 23.8 Å². The van der Waals surface area contributed by atoms with Crippen LogP contribution in [0.4, 0.5) is 11.6 Å². The summed E-state index contributed by atoms with van der Waals surface area (Å²) in [6.07, 6.45) is 5.03. The molecule has 6 rings (SSSR count). The number of piperidine rings is 1. The fourth-order valence-electron chi connectivity index (χ4n) is 5.64. The number of hydrogen-bond acceptors (Lipinski definition) is 7. The molecule has 0 atom stereocenters. The van der Waals surface area contributed by atoms with Crippen LogP contribution in [0, 0.1) is 0 Å². The van der Waals surface area contributed by atoms with Crippen molar-refractivity contribution in [3.8, 4) is 11.3 Å².